The molecule has 220 valence electrons. The fraction of sp³-hybridized carbons (Fsp3) is 0.333. The monoisotopic (exact) mass is 601 g/mol. The van der Waals surface area contributed by atoms with Crippen molar-refractivity contribution < 1.29 is 27.5 Å². The standard InChI is InChI=1S/C30H36ClN3O6S/c1-21(29(36)32-30(2,3)4)33(19-22-11-7-8-12-25(22)31)28(35)20-34(26-13-9-10-14-27(26)40-6)41(37,38)24-17-15-23(39-5)16-18-24/h7-18,21H,19-20H2,1-6H3,(H,32,36)/t21-/m1/s1. The first-order valence-electron chi connectivity index (χ1n) is 12.9. The summed E-state index contributed by atoms with van der Waals surface area (Å²) in [5.74, 6) is -0.258. The minimum absolute atomic E-state index is 0.0143. The first-order valence-corrected chi connectivity index (χ1v) is 14.7. The molecular weight excluding hydrogens is 566 g/mol. The predicted octanol–water partition coefficient (Wildman–Crippen LogP) is 4.88. The van der Waals surface area contributed by atoms with Crippen LogP contribution in [0.4, 0.5) is 5.69 Å². The summed E-state index contributed by atoms with van der Waals surface area (Å²) in [7, 11) is -1.37. The van der Waals surface area contributed by atoms with Gasteiger partial charge in [0.2, 0.25) is 11.8 Å². The number of sulfonamides is 1. The van der Waals surface area contributed by atoms with E-state index in [2.05, 4.69) is 5.32 Å². The number of hydrogen-bond acceptors (Lipinski definition) is 6. The molecule has 0 unspecified atom stereocenters. The lowest BCUT2D eigenvalue weighted by Gasteiger charge is -2.34. The minimum Gasteiger partial charge on any atom is -0.497 e. The Bertz CT molecular complexity index is 1470. The van der Waals surface area contributed by atoms with Crippen LogP contribution in [0.1, 0.15) is 33.3 Å². The largest absolute Gasteiger partial charge is 0.497 e. The Kier molecular flexibility index (Phi) is 10.3. The number of carbonyl (C=O) groups is 2. The molecule has 3 rings (SSSR count). The van der Waals surface area contributed by atoms with Crippen LogP contribution in [0, 0.1) is 0 Å². The third-order valence-corrected chi connectivity index (χ3v) is 8.39. The highest BCUT2D eigenvalue weighted by Gasteiger charge is 2.34. The van der Waals surface area contributed by atoms with Gasteiger partial charge in [-0.25, -0.2) is 8.42 Å². The maximum atomic E-state index is 14.1. The number of amides is 2. The summed E-state index contributed by atoms with van der Waals surface area (Å²) < 4.78 is 39.7. The lowest BCUT2D eigenvalue weighted by Crippen LogP contribution is -2.54. The Morgan fingerprint density at radius 2 is 1.54 bits per heavy atom. The van der Waals surface area contributed by atoms with Crippen LogP contribution in [-0.4, -0.2) is 57.5 Å². The number of anilines is 1. The molecule has 0 radical (unpaired) electrons. The molecule has 0 aliphatic heterocycles. The average Bonchev–Trinajstić information content (AvgIpc) is 2.94. The molecule has 41 heavy (non-hydrogen) atoms. The molecule has 2 amide bonds. The van der Waals surface area contributed by atoms with E-state index in [1.165, 1.54) is 43.4 Å². The number of rotatable bonds is 11. The van der Waals surface area contributed by atoms with Crippen molar-refractivity contribution in [2.24, 2.45) is 0 Å². The second-order valence-electron chi connectivity index (χ2n) is 10.4. The van der Waals surface area contributed by atoms with Crippen LogP contribution < -0.4 is 19.1 Å². The van der Waals surface area contributed by atoms with E-state index >= 15 is 0 Å². The molecule has 0 aromatic heterocycles. The molecule has 0 saturated heterocycles. The summed E-state index contributed by atoms with van der Waals surface area (Å²) >= 11 is 6.41. The third kappa shape index (κ3) is 7.92. The van der Waals surface area contributed by atoms with Crippen LogP contribution in [-0.2, 0) is 26.2 Å². The number of benzene rings is 3. The average molecular weight is 602 g/mol. The highest BCUT2D eigenvalue weighted by atomic mass is 35.5. The number of nitrogens with one attached hydrogen (secondary N) is 1. The third-order valence-electron chi connectivity index (χ3n) is 6.24. The summed E-state index contributed by atoms with van der Waals surface area (Å²) in [4.78, 5) is 28.6. The number of nitrogens with zero attached hydrogens (tertiary/aromatic N) is 2. The highest BCUT2D eigenvalue weighted by molar-refractivity contribution is 7.92. The van der Waals surface area contributed by atoms with E-state index in [9.17, 15) is 18.0 Å². The zero-order chi connectivity index (χ0) is 30.4. The molecule has 1 N–H and O–H groups in total. The summed E-state index contributed by atoms with van der Waals surface area (Å²) in [5, 5.41) is 3.31. The summed E-state index contributed by atoms with van der Waals surface area (Å²) in [6, 6.07) is 18.4. The maximum Gasteiger partial charge on any atom is 0.264 e. The molecular formula is C30H36ClN3O6S. The zero-order valence-corrected chi connectivity index (χ0v) is 25.6. The maximum absolute atomic E-state index is 14.1. The summed E-state index contributed by atoms with van der Waals surface area (Å²) in [5.41, 5.74) is 0.231. The van der Waals surface area contributed by atoms with Crippen molar-refractivity contribution in [3.8, 4) is 11.5 Å². The highest BCUT2D eigenvalue weighted by Crippen LogP contribution is 2.33. The predicted molar refractivity (Wildman–Crippen MR) is 160 cm³/mol. The zero-order valence-electron chi connectivity index (χ0n) is 24.0. The number of para-hydroxylation sites is 2. The molecule has 0 bridgehead atoms. The lowest BCUT2D eigenvalue weighted by molar-refractivity contribution is -0.140. The first kappa shape index (κ1) is 31.8. The van der Waals surface area contributed by atoms with Crippen molar-refractivity contribution in [2.45, 2.75) is 50.7 Å². The quantitative estimate of drug-likeness (QED) is 0.336. The van der Waals surface area contributed by atoms with Gasteiger partial charge in [0.1, 0.15) is 24.1 Å². The topological polar surface area (TPSA) is 105 Å². The van der Waals surface area contributed by atoms with Crippen molar-refractivity contribution in [2.75, 3.05) is 25.1 Å². The van der Waals surface area contributed by atoms with Gasteiger partial charge in [-0.2, -0.15) is 0 Å². The Hall–Kier alpha value is -3.76. The van der Waals surface area contributed by atoms with Gasteiger partial charge in [-0.3, -0.25) is 13.9 Å². The van der Waals surface area contributed by atoms with Crippen LogP contribution >= 0.6 is 11.6 Å². The molecule has 9 nitrogen and oxygen atoms in total. The van der Waals surface area contributed by atoms with Crippen molar-refractivity contribution in [3.63, 3.8) is 0 Å². The number of hydrogen-bond donors (Lipinski definition) is 1. The molecule has 0 aliphatic carbocycles. The van der Waals surface area contributed by atoms with Crippen LogP contribution in [0.15, 0.2) is 77.7 Å². The van der Waals surface area contributed by atoms with Crippen molar-refractivity contribution in [1.29, 1.82) is 0 Å². The van der Waals surface area contributed by atoms with E-state index in [-0.39, 0.29) is 28.8 Å². The second kappa shape index (κ2) is 13.3. The fourth-order valence-corrected chi connectivity index (χ4v) is 5.71. The van der Waals surface area contributed by atoms with Crippen LogP contribution in [0.2, 0.25) is 5.02 Å². The molecule has 0 saturated carbocycles. The number of ether oxygens (including phenoxy) is 2. The number of carbonyl (C=O) groups excluding carboxylic acids is 2. The van der Waals surface area contributed by atoms with Crippen LogP contribution in [0.25, 0.3) is 0 Å². The molecule has 1 atom stereocenters. The van der Waals surface area contributed by atoms with Crippen LogP contribution in [0.3, 0.4) is 0 Å². The Morgan fingerprint density at radius 3 is 2.12 bits per heavy atom. The van der Waals surface area contributed by atoms with Gasteiger partial charge in [0.25, 0.3) is 10.0 Å². The molecule has 3 aromatic carbocycles. The Balaban J connectivity index is 2.09. The SMILES string of the molecule is COc1ccc(S(=O)(=O)N(CC(=O)N(Cc2ccccc2Cl)[C@H](C)C(=O)NC(C)(C)C)c2ccccc2OC)cc1. The van der Waals surface area contributed by atoms with Crippen molar-refractivity contribution in [1.82, 2.24) is 10.2 Å². The van der Waals surface area contributed by atoms with Crippen molar-refractivity contribution in [3.05, 3.63) is 83.4 Å². The summed E-state index contributed by atoms with van der Waals surface area (Å²) in [6.07, 6.45) is 0. The van der Waals surface area contributed by atoms with Gasteiger partial charge >= 0.3 is 0 Å². The van der Waals surface area contributed by atoms with Gasteiger partial charge in [0, 0.05) is 17.1 Å². The van der Waals surface area contributed by atoms with Gasteiger partial charge in [0.05, 0.1) is 24.8 Å². The van der Waals surface area contributed by atoms with E-state index < -0.39 is 34.1 Å². The molecule has 11 heteroatoms. The molecule has 0 fully saturated rings. The van der Waals surface area contributed by atoms with Crippen LogP contribution in [0.5, 0.6) is 11.5 Å². The second-order valence-corrected chi connectivity index (χ2v) is 12.7. The van der Waals surface area contributed by atoms with Gasteiger partial charge in [-0.15, -0.1) is 0 Å². The lowest BCUT2D eigenvalue weighted by atomic mass is 10.1. The van der Waals surface area contributed by atoms with E-state index in [1.54, 1.807) is 55.5 Å². The Morgan fingerprint density at radius 1 is 0.927 bits per heavy atom. The van der Waals surface area contributed by atoms with Gasteiger partial charge in [-0.1, -0.05) is 41.9 Å². The van der Waals surface area contributed by atoms with E-state index in [0.29, 0.717) is 16.3 Å². The van der Waals surface area contributed by atoms with E-state index in [1.807, 2.05) is 20.8 Å². The van der Waals surface area contributed by atoms with E-state index in [0.717, 1.165) is 4.31 Å². The molecule has 3 aromatic rings. The van der Waals surface area contributed by atoms with Gasteiger partial charge < -0.3 is 19.7 Å². The fourth-order valence-electron chi connectivity index (χ4n) is 4.09. The van der Waals surface area contributed by atoms with Crippen molar-refractivity contribution >= 4 is 39.1 Å². The van der Waals surface area contributed by atoms with Gasteiger partial charge in [-0.05, 0) is 75.7 Å². The summed E-state index contributed by atoms with van der Waals surface area (Å²) in [6.45, 7) is 6.49. The minimum atomic E-state index is -4.27. The Labute approximate surface area is 247 Å². The number of methoxy groups -OCH3 is 2. The molecule has 0 heterocycles. The normalized spacial score (nSPS) is 12.3. The molecule has 0 aliphatic rings. The number of halogens is 1. The first-order chi connectivity index (χ1) is 19.3. The smallest absolute Gasteiger partial charge is 0.264 e. The van der Waals surface area contributed by atoms with Gasteiger partial charge in [0.15, 0.2) is 0 Å². The molecule has 0 spiro atoms. The van der Waals surface area contributed by atoms with E-state index in [4.69, 9.17) is 21.1 Å².